The first-order chi connectivity index (χ1) is 16.0. The summed E-state index contributed by atoms with van der Waals surface area (Å²) >= 11 is 12.4. The Morgan fingerprint density at radius 2 is 1.85 bits per heavy atom. The number of carbonyl (C=O) groups is 1. The Kier molecular flexibility index (Phi) is 8.07. The molecule has 10 heteroatoms. The minimum atomic E-state index is -3.67. The molecule has 180 valence electrons. The molecule has 1 aromatic heterocycles. The van der Waals surface area contributed by atoms with Crippen molar-refractivity contribution in [3.8, 4) is 5.69 Å². The highest BCUT2D eigenvalue weighted by Crippen LogP contribution is 2.28. The zero-order valence-electron chi connectivity index (χ0n) is 19.3. The summed E-state index contributed by atoms with van der Waals surface area (Å²) in [7, 11) is -3.67. The first-order valence-electron chi connectivity index (χ1n) is 10.5. The number of sulfonamides is 1. The molecule has 0 aliphatic rings. The van der Waals surface area contributed by atoms with Gasteiger partial charge < -0.3 is 4.57 Å². The Morgan fingerprint density at radius 3 is 2.50 bits per heavy atom. The van der Waals surface area contributed by atoms with Gasteiger partial charge in [-0.1, -0.05) is 48.3 Å². The number of benzene rings is 2. The van der Waals surface area contributed by atoms with Gasteiger partial charge >= 0.3 is 0 Å². The molecule has 3 rings (SSSR count). The second-order valence-electron chi connectivity index (χ2n) is 7.80. The van der Waals surface area contributed by atoms with Gasteiger partial charge in [-0.15, -0.1) is 0 Å². The van der Waals surface area contributed by atoms with E-state index in [0.29, 0.717) is 22.2 Å². The van der Waals surface area contributed by atoms with Crippen molar-refractivity contribution < 1.29 is 13.2 Å². The predicted octanol–water partition coefficient (Wildman–Crippen LogP) is 4.88. The van der Waals surface area contributed by atoms with E-state index in [1.807, 2.05) is 49.6 Å². The van der Waals surface area contributed by atoms with Crippen LogP contribution < -0.4 is 9.73 Å². The van der Waals surface area contributed by atoms with Crippen LogP contribution in [0.3, 0.4) is 0 Å². The summed E-state index contributed by atoms with van der Waals surface area (Å²) in [5, 5.41) is 5.10. The third-order valence-corrected chi connectivity index (χ3v) is 7.01. The Morgan fingerprint density at radius 1 is 1.15 bits per heavy atom. The summed E-state index contributed by atoms with van der Waals surface area (Å²) in [6, 6.07) is 14.3. The van der Waals surface area contributed by atoms with Gasteiger partial charge in [0.05, 0.1) is 28.9 Å². The van der Waals surface area contributed by atoms with Crippen molar-refractivity contribution in [3.63, 3.8) is 0 Å². The average Bonchev–Trinajstić information content (AvgIpc) is 3.04. The van der Waals surface area contributed by atoms with E-state index in [1.54, 1.807) is 24.3 Å². The van der Waals surface area contributed by atoms with Crippen molar-refractivity contribution >= 4 is 51.0 Å². The van der Waals surface area contributed by atoms with Gasteiger partial charge in [0.15, 0.2) is 0 Å². The maximum Gasteiger partial charge on any atom is 0.260 e. The minimum absolute atomic E-state index is 0.382. The molecular formula is C24H26Cl2N4O3S. The largest absolute Gasteiger partial charge is 0.316 e. The maximum atomic E-state index is 12.6. The third kappa shape index (κ3) is 5.81. The van der Waals surface area contributed by atoms with E-state index in [-0.39, 0.29) is 6.54 Å². The van der Waals surface area contributed by atoms with E-state index in [0.717, 1.165) is 38.8 Å². The number of aryl methyl sites for hydroxylation is 2. The van der Waals surface area contributed by atoms with Crippen molar-refractivity contribution in [1.82, 2.24) is 9.99 Å². The molecule has 0 unspecified atom stereocenters. The van der Waals surface area contributed by atoms with Crippen LogP contribution in [0.1, 0.15) is 29.4 Å². The molecule has 0 aliphatic carbocycles. The first-order valence-corrected chi connectivity index (χ1v) is 13.1. The second kappa shape index (κ2) is 10.6. The van der Waals surface area contributed by atoms with E-state index < -0.39 is 15.9 Å². The molecule has 3 aromatic rings. The van der Waals surface area contributed by atoms with E-state index in [9.17, 15) is 13.2 Å². The number of rotatable bonds is 8. The van der Waals surface area contributed by atoms with Crippen LogP contribution in [0.4, 0.5) is 5.69 Å². The smallest absolute Gasteiger partial charge is 0.260 e. The molecule has 1 N–H and O–H groups in total. The quantitative estimate of drug-likeness (QED) is 0.339. The summed E-state index contributed by atoms with van der Waals surface area (Å²) in [6.45, 7) is 5.39. The zero-order chi connectivity index (χ0) is 25.0. The second-order valence-corrected chi connectivity index (χ2v) is 10.6. The molecule has 0 saturated carbocycles. The number of carbonyl (C=O) groups excluding carboxylic acids is 1. The molecule has 0 bridgehead atoms. The summed E-state index contributed by atoms with van der Waals surface area (Å²) in [6.07, 6.45) is 3.23. The molecular weight excluding hydrogens is 495 g/mol. The van der Waals surface area contributed by atoms with E-state index in [4.69, 9.17) is 23.2 Å². The van der Waals surface area contributed by atoms with Crippen molar-refractivity contribution in [2.75, 3.05) is 17.1 Å². The van der Waals surface area contributed by atoms with Crippen molar-refractivity contribution in [2.45, 2.75) is 27.2 Å². The van der Waals surface area contributed by atoms with Crippen LogP contribution in [0.15, 0.2) is 53.6 Å². The van der Waals surface area contributed by atoms with Crippen LogP contribution in [0.2, 0.25) is 10.0 Å². The van der Waals surface area contributed by atoms with Gasteiger partial charge in [-0.2, -0.15) is 5.10 Å². The van der Waals surface area contributed by atoms with Gasteiger partial charge in [-0.3, -0.25) is 9.10 Å². The van der Waals surface area contributed by atoms with Crippen LogP contribution in [0.25, 0.3) is 5.69 Å². The number of anilines is 1. The van der Waals surface area contributed by atoms with Crippen LogP contribution in [-0.2, 0) is 21.2 Å². The number of aromatic nitrogens is 1. The van der Waals surface area contributed by atoms with Crippen LogP contribution >= 0.6 is 23.2 Å². The Labute approximate surface area is 210 Å². The van der Waals surface area contributed by atoms with Crippen LogP contribution in [0.5, 0.6) is 0 Å². The topological polar surface area (TPSA) is 83.8 Å². The number of nitrogens with one attached hydrogen (secondary N) is 1. The lowest BCUT2D eigenvalue weighted by Gasteiger charge is -2.23. The lowest BCUT2D eigenvalue weighted by Crippen LogP contribution is -2.39. The minimum Gasteiger partial charge on any atom is -0.316 e. The summed E-state index contributed by atoms with van der Waals surface area (Å²) in [4.78, 5) is 12.6. The highest BCUT2D eigenvalue weighted by atomic mass is 35.5. The Bertz CT molecular complexity index is 1350. The number of halogens is 2. The van der Waals surface area contributed by atoms with Gasteiger partial charge in [0, 0.05) is 22.0 Å². The van der Waals surface area contributed by atoms with Crippen molar-refractivity contribution in [3.05, 3.63) is 81.1 Å². The monoisotopic (exact) mass is 520 g/mol. The molecule has 0 atom stereocenters. The molecule has 0 spiro atoms. The number of amides is 1. The van der Waals surface area contributed by atoms with Gasteiger partial charge in [-0.25, -0.2) is 13.8 Å². The fraction of sp³-hybridized carbons (Fsp3) is 0.250. The SMILES string of the molecule is CCc1ccccc1N(CC(=O)N/N=C\c1cc(C)n(-c2ccc(Cl)cc2Cl)c1C)S(C)(=O)=O. The number of hydrazone groups is 1. The Balaban J connectivity index is 1.78. The Hall–Kier alpha value is -2.81. The molecule has 0 fully saturated rings. The van der Waals surface area contributed by atoms with Crippen molar-refractivity contribution in [2.24, 2.45) is 5.10 Å². The van der Waals surface area contributed by atoms with Gasteiger partial charge in [0.2, 0.25) is 10.0 Å². The van der Waals surface area contributed by atoms with Gasteiger partial charge in [-0.05, 0) is 56.2 Å². The predicted molar refractivity (Wildman–Crippen MR) is 139 cm³/mol. The molecule has 7 nitrogen and oxygen atoms in total. The molecule has 0 aliphatic heterocycles. The molecule has 0 saturated heterocycles. The number of hydrogen-bond donors (Lipinski definition) is 1. The lowest BCUT2D eigenvalue weighted by atomic mass is 10.1. The molecule has 1 heterocycles. The fourth-order valence-corrected chi connectivity index (χ4v) is 5.11. The number of para-hydroxylation sites is 1. The fourth-order valence-electron chi connectivity index (χ4n) is 3.73. The van der Waals surface area contributed by atoms with E-state index in [2.05, 4.69) is 10.5 Å². The van der Waals surface area contributed by atoms with Crippen molar-refractivity contribution in [1.29, 1.82) is 0 Å². The lowest BCUT2D eigenvalue weighted by molar-refractivity contribution is -0.119. The normalized spacial score (nSPS) is 11.7. The van der Waals surface area contributed by atoms with Gasteiger partial charge in [0.25, 0.3) is 5.91 Å². The van der Waals surface area contributed by atoms with Crippen LogP contribution in [0, 0.1) is 13.8 Å². The standard InChI is InChI=1S/C24H26Cl2N4O3S/c1-5-18-8-6-7-9-22(18)29(34(4,32)33)15-24(31)28-27-14-19-12-16(2)30(17(19)3)23-11-10-20(25)13-21(23)26/h6-14H,5,15H2,1-4H3,(H,28,31)/b27-14-. The molecule has 2 aromatic carbocycles. The number of nitrogens with zero attached hydrogens (tertiary/aromatic N) is 3. The maximum absolute atomic E-state index is 12.6. The van der Waals surface area contributed by atoms with Gasteiger partial charge in [0.1, 0.15) is 6.54 Å². The van der Waals surface area contributed by atoms with E-state index >= 15 is 0 Å². The van der Waals surface area contributed by atoms with Crippen LogP contribution in [-0.4, -0.2) is 37.9 Å². The first kappa shape index (κ1) is 25.8. The summed E-state index contributed by atoms with van der Waals surface area (Å²) in [5.74, 6) is -0.554. The third-order valence-electron chi connectivity index (χ3n) is 5.34. The highest BCUT2D eigenvalue weighted by molar-refractivity contribution is 7.92. The average molecular weight is 521 g/mol. The molecule has 1 amide bonds. The summed E-state index contributed by atoms with van der Waals surface area (Å²) in [5.41, 5.74) is 7.09. The zero-order valence-corrected chi connectivity index (χ0v) is 21.7. The summed E-state index contributed by atoms with van der Waals surface area (Å²) < 4.78 is 27.8. The highest BCUT2D eigenvalue weighted by Gasteiger charge is 2.22. The molecule has 0 radical (unpaired) electrons. The molecule has 34 heavy (non-hydrogen) atoms. The number of hydrogen-bond acceptors (Lipinski definition) is 4. The van der Waals surface area contributed by atoms with E-state index in [1.165, 1.54) is 6.21 Å².